The van der Waals surface area contributed by atoms with Crippen molar-refractivity contribution in [2.24, 2.45) is 0 Å². The van der Waals surface area contributed by atoms with Crippen LogP contribution < -0.4 is 4.74 Å². The van der Waals surface area contributed by atoms with E-state index in [9.17, 15) is 4.79 Å². The molecule has 0 aliphatic heterocycles. The van der Waals surface area contributed by atoms with Gasteiger partial charge in [0.15, 0.2) is 0 Å². The molecule has 1 rings (SSSR count). The summed E-state index contributed by atoms with van der Waals surface area (Å²) < 4.78 is 5.52. The van der Waals surface area contributed by atoms with Gasteiger partial charge in [0.05, 0.1) is 6.61 Å². The molecular formula is C16H23NO2. The van der Waals surface area contributed by atoms with Crippen LogP contribution in [0.25, 0.3) is 6.08 Å². The molecule has 104 valence electrons. The summed E-state index contributed by atoms with van der Waals surface area (Å²) in [4.78, 5) is 13.6. The lowest BCUT2D eigenvalue weighted by molar-refractivity contribution is -0.124. The summed E-state index contributed by atoms with van der Waals surface area (Å²) in [5, 5.41) is 0. The van der Waals surface area contributed by atoms with Gasteiger partial charge in [0.1, 0.15) is 5.75 Å². The van der Waals surface area contributed by atoms with Crippen molar-refractivity contribution in [1.29, 1.82) is 0 Å². The molecule has 0 atom stereocenters. The topological polar surface area (TPSA) is 29.5 Å². The quantitative estimate of drug-likeness (QED) is 0.704. The average Bonchev–Trinajstić information content (AvgIpc) is 2.43. The third kappa shape index (κ3) is 5.16. The van der Waals surface area contributed by atoms with Crippen LogP contribution in [0.2, 0.25) is 0 Å². The van der Waals surface area contributed by atoms with Gasteiger partial charge >= 0.3 is 0 Å². The van der Waals surface area contributed by atoms with Crippen LogP contribution in [0, 0.1) is 0 Å². The lowest BCUT2D eigenvalue weighted by Gasteiger charge is -2.14. The number of hydrogen-bond donors (Lipinski definition) is 0. The Labute approximate surface area is 115 Å². The van der Waals surface area contributed by atoms with Crippen molar-refractivity contribution in [2.75, 3.05) is 20.2 Å². The minimum Gasteiger partial charge on any atom is -0.493 e. The second-order valence-corrected chi connectivity index (χ2v) is 4.42. The van der Waals surface area contributed by atoms with Gasteiger partial charge in [-0.2, -0.15) is 0 Å². The zero-order chi connectivity index (χ0) is 14.1. The molecule has 1 amide bonds. The summed E-state index contributed by atoms with van der Waals surface area (Å²) >= 11 is 0. The van der Waals surface area contributed by atoms with Gasteiger partial charge in [-0.3, -0.25) is 4.79 Å². The molecule has 0 spiro atoms. The summed E-state index contributed by atoms with van der Waals surface area (Å²) in [7, 11) is 1.83. The molecule has 0 aliphatic rings. The minimum absolute atomic E-state index is 0.0275. The van der Waals surface area contributed by atoms with Gasteiger partial charge in [0, 0.05) is 25.2 Å². The highest BCUT2D eigenvalue weighted by atomic mass is 16.5. The molecule has 19 heavy (non-hydrogen) atoms. The predicted octanol–water partition coefficient (Wildman–Crippen LogP) is 3.36. The summed E-state index contributed by atoms with van der Waals surface area (Å²) in [6.07, 6.45) is 5.55. The molecule has 1 aromatic carbocycles. The molecule has 0 saturated carbocycles. The van der Waals surface area contributed by atoms with Crippen LogP contribution >= 0.6 is 0 Å². The van der Waals surface area contributed by atoms with Crippen LogP contribution in [0.4, 0.5) is 0 Å². The molecule has 3 nitrogen and oxygen atoms in total. The van der Waals surface area contributed by atoms with E-state index in [1.807, 2.05) is 44.3 Å². The number of likely N-dealkylation sites (N-methyl/N-ethyl adjacent to an activating group) is 1. The van der Waals surface area contributed by atoms with E-state index in [-0.39, 0.29) is 5.91 Å². The monoisotopic (exact) mass is 261 g/mol. The molecule has 0 N–H and O–H groups in total. The number of amides is 1. The van der Waals surface area contributed by atoms with Crippen LogP contribution in [0.5, 0.6) is 5.75 Å². The van der Waals surface area contributed by atoms with Crippen molar-refractivity contribution in [1.82, 2.24) is 4.90 Å². The van der Waals surface area contributed by atoms with Crippen molar-refractivity contribution in [2.45, 2.75) is 26.7 Å². The van der Waals surface area contributed by atoms with E-state index in [1.165, 1.54) is 0 Å². The zero-order valence-corrected chi connectivity index (χ0v) is 12.1. The normalized spacial score (nSPS) is 10.7. The first kappa shape index (κ1) is 15.3. The van der Waals surface area contributed by atoms with Crippen molar-refractivity contribution in [3.05, 3.63) is 35.9 Å². The van der Waals surface area contributed by atoms with Crippen LogP contribution in [-0.2, 0) is 4.79 Å². The number of hydrogen-bond acceptors (Lipinski definition) is 2. The Morgan fingerprint density at radius 3 is 2.74 bits per heavy atom. The molecule has 0 bridgehead atoms. The zero-order valence-electron chi connectivity index (χ0n) is 12.1. The van der Waals surface area contributed by atoms with Crippen molar-refractivity contribution >= 4 is 12.0 Å². The van der Waals surface area contributed by atoms with Crippen LogP contribution in [0.1, 0.15) is 32.3 Å². The van der Waals surface area contributed by atoms with Crippen molar-refractivity contribution in [3.63, 3.8) is 0 Å². The summed E-state index contributed by atoms with van der Waals surface area (Å²) in [5.74, 6) is 0.838. The van der Waals surface area contributed by atoms with E-state index in [1.54, 1.807) is 11.0 Å². The number of carbonyl (C=O) groups is 1. The molecule has 1 aromatic rings. The molecule has 0 saturated heterocycles. The Bertz CT molecular complexity index is 427. The molecule has 0 aliphatic carbocycles. The highest BCUT2D eigenvalue weighted by Gasteiger charge is 2.04. The molecule has 0 heterocycles. The standard InChI is InChI=1S/C16H23NO2/c1-4-6-13-17(3)16(18)12-11-14-9-7-8-10-15(14)19-5-2/h7-12H,4-6,13H2,1-3H3/b12-11+. The third-order valence-corrected chi connectivity index (χ3v) is 2.85. The smallest absolute Gasteiger partial charge is 0.246 e. The van der Waals surface area contributed by atoms with Gasteiger partial charge in [-0.05, 0) is 25.5 Å². The SMILES string of the molecule is CCCCN(C)C(=O)/C=C/c1ccccc1OCC. The Morgan fingerprint density at radius 2 is 2.05 bits per heavy atom. The molecule has 0 fully saturated rings. The van der Waals surface area contributed by atoms with Gasteiger partial charge in [0.2, 0.25) is 5.91 Å². The predicted molar refractivity (Wildman–Crippen MR) is 79.2 cm³/mol. The third-order valence-electron chi connectivity index (χ3n) is 2.85. The van der Waals surface area contributed by atoms with E-state index in [4.69, 9.17) is 4.74 Å². The molecular weight excluding hydrogens is 238 g/mol. The van der Waals surface area contributed by atoms with E-state index in [0.29, 0.717) is 6.61 Å². The first-order chi connectivity index (χ1) is 9.19. The number of rotatable bonds is 7. The number of para-hydroxylation sites is 1. The number of nitrogens with zero attached hydrogens (tertiary/aromatic N) is 1. The van der Waals surface area contributed by atoms with Gasteiger partial charge in [0.25, 0.3) is 0 Å². The molecule has 0 aromatic heterocycles. The highest BCUT2D eigenvalue weighted by molar-refractivity contribution is 5.91. The number of benzene rings is 1. The number of ether oxygens (including phenoxy) is 1. The maximum Gasteiger partial charge on any atom is 0.246 e. The second-order valence-electron chi connectivity index (χ2n) is 4.42. The van der Waals surface area contributed by atoms with E-state index < -0.39 is 0 Å². The maximum absolute atomic E-state index is 11.9. The fraction of sp³-hybridized carbons (Fsp3) is 0.438. The lowest BCUT2D eigenvalue weighted by atomic mass is 10.2. The lowest BCUT2D eigenvalue weighted by Crippen LogP contribution is -2.25. The summed E-state index contributed by atoms with van der Waals surface area (Å²) in [6.45, 7) is 5.48. The Kier molecular flexibility index (Phi) is 6.72. The number of unbranched alkanes of at least 4 members (excludes halogenated alkanes) is 1. The number of carbonyl (C=O) groups excluding carboxylic acids is 1. The Morgan fingerprint density at radius 1 is 1.32 bits per heavy atom. The first-order valence-electron chi connectivity index (χ1n) is 6.84. The van der Waals surface area contributed by atoms with E-state index in [2.05, 4.69) is 6.92 Å². The molecule has 0 unspecified atom stereocenters. The van der Waals surface area contributed by atoms with Crippen LogP contribution in [-0.4, -0.2) is 31.0 Å². The van der Waals surface area contributed by atoms with Crippen LogP contribution in [0.15, 0.2) is 30.3 Å². The van der Waals surface area contributed by atoms with Crippen molar-refractivity contribution in [3.8, 4) is 5.75 Å². The summed E-state index contributed by atoms with van der Waals surface area (Å²) in [6, 6.07) is 7.72. The fourth-order valence-electron chi connectivity index (χ4n) is 1.70. The Hall–Kier alpha value is -1.77. The van der Waals surface area contributed by atoms with Crippen molar-refractivity contribution < 1.29 is 9.53 Å². The molecule has 0 radical (unpaired) electrons. The van der Waals surface area contributed by atoms with Gasteiger partial charge in [-0.1, -0.05) is 31.5 Å². The van der Waals surface area contributed by atoms with E-state index >= 15 is 0 Å². The van der Waals surface area contributed by atoms with E-state index in [0.717, 1.165) is 30.7 Å². The highest BCUT2D eigenvalue weighted by Crippen LogP contribution is 2.19. The Balaban J connectivity index is 2.67. The maximum atomic E-state index is 11.9. The first-order valence-corrected chi connectivity index (χ1v) is 6.84. The molecule has 3 heteroatoms. The van der Waals surface area contributed by atoms with Gasteiger partial charge < -0.3 is 9.64 Å². The largest absolute Gasteiger partial charge is 0.493 e. The second kappa shape index (κ2) is 8.35. The summed E-state index contributed by atoms with van der Waals surface area (Å²) in [5.41, 5.74) is 0.932. The van der Waals surface area contributed by atoms with Gasteiger partial charge in [-0.15, -0.1) is 0 Å². The average molecular weight is 261 g/mol. The minimum atomic E-state index is 0.0275. The van der Waals surface area contributed by atoms with Gasteiger partial charge in [-0.25, -0.2) is 0 Å². The fourth-order valence-corrected chi connectivity index (χ4v) is 1.70. The van der Waals surface area contributed by atoms with Crippen LogP contribution in [0.3, 0.4) is 0 Å².